The molecular formula is C13H10ClF3N2. The molecule has 6 heteroatoms. The third-order valence-corrected chi connectivity index (χ3v) is 2.82. The van der Waals surface area contributed by atoms with Crippen LogP contribution in [-0.4, -0.2) is 4.98 Å². The molecule has 1 aromatic heterocycles. The predicted octanol–water partition coefficient (Wildman–Crippen LogP) is 4.33. The first kappa shape index (κ1) is 13.7. The predicted molar refractivity (Wildman–Crippen MR) is 67.6 cm³/mol. The lowest BCUT2D eigenvalue weighted by molar-refractivity contribution is 0.465. The number of halogens is 4. The summed E-state index contributed by atoms with van der Waals surface area (Å²) in [5.74, 6) is -3.96. The summed E-state index contributed by atoms with van der Waals surface area (Å²) in [7, 11) is 0. The van der Waals surface area contributed by atoms with Crippen LogP contribution < -0.4 is 5.32 Å². The van der Waals surface area contributed by atoms with Crippen molar-refractivity contribution in [3.05, 3.63) is 58.5 Å². The van der Waals surface area contributed by atoms with Gasteiger partial charge in [0.1, 0.15) is 0 Å². The quantitative estimate of drug-likeness (QED) is 0.850. The molecule has 1 unspecified atom stereocenters. The summed E-state index contributed by atoms with van der Waals surface area (Å²) in [6, 6.07) is 7.01. The van der Waals surface area contributed by atoms with Gasteiger partial charge in [-0.2, -0.15) is 9.37 Å². The number of nitrogens with one attached hydrogen (secondary N) is 1. The van der Waals surface area contributed by atoms with Crippen molar-refractivity contribution in [1.29, 1.82) is 0 Å². The molecule has 1 N–H and O–H groups in total. The highest BCUT2D eigenvalue weighted by molar-refractivity contribution is 6.30. The average Bonchev–Trinajstić information content (AvgIpc) is 2.36. The van der Waals surface area contributed by atoms with Crippen LogP contribution >= 0.6 is 11.6 Å². The Bertz CT molecular complexity index is 604. The van der Waals surface area contributed by atoms with Crippen LogP contribution in [0.4, 0.5) is 19.0 Å². The van der Waals surface area contributed by atoms with E-state index in [0.29, 0.717) is 11.1 Å². The largest absolute Gasteiger partial charge is 0.361 e. The molecule has 2 nitrogen and oxygen atoms in total. The lowest BCUT2D eigenvalue weighted by atomic mass is 10.1. The topological polar surface area (TPSA) is 24.9 Å². The normalized spacial score (nSPS) is 12.3. The van der Waals surface area contributed by atoms with Gasteiger partial charge in [0, 0.05) is 11.1 Å². The van der Waals surface area contributed by atoms with Crippen molar-refractivity contribution >= 4 is 17.4 Å². The van der Waals surface area contributed by atoms with Crippen molar-refractivity contribution in [2.75, 3.05) is 5.32 Å². The van der Waals surface area contributed by atoms with Crippen molar-refractivity contribution in [1.82, 2.24) is 4.98 Å². The maximum absolute atomic E-state index is 13.4. The Hall–Kier alpha value is -1.75. The fourth-order valence-corrected chi connectivity index (χ4v) is 1.81. The molecule has 1 aromatic carbocycles. The van der Waals surface area contributed by atoms with Crippen molar-refractivity contribution in [2.24, 2.45) is 0 Å². The number of benzene rings is 1. The Labute approximate surface area is 113 Å². The Morgan fingerprint density at radius 1 is 1.16 bits per heavy atom. The van der Waals surface area contributed by atoms with E-state index in [2.05, 4.69) is 10.3 Å². The van der Waals surface area contributed by atoms with E-state index in [1.54, 1.807) is 31.2 Å². The Morgan fingerprint density at radius 2 is 1.89 bits per heavy atom. The van der Waals surface area contributed by atoms with Crippen LogP contribution in [0.25, 0.3) is 0 Å². The molecule has 0 aliphatic heterocycles. The highest BCUT2D eigenvalue weighted by atomic mass is 35.5. The Balaban J connectivity index is 2.24. The fraction of sp³-hybridized carbons (Fsp3) is 0.154. The molecule has 0 bridgehead atoms. The summed E-state index contributed by atoms with van der Waals surface area (Å²) in [6.07, 6.45) is 0. The van der Waals surface area contributed by atoms with Gasteiger partial charge in [0.15, 0.2) is 17.5 Å². The number of anilines is 1. The van der Waals surface area contributed by atoms with Gasteiger partial charge in [-0.15, -0.1) is 0 Å². The van der Waals surface area contributed by atoms with Gasteiger partial charge in [0.25, 0.3) is 5.95 Å². The maximum Gasteiger partial charge on any atom is 0.251 e. The molecule has 1 atom stereocenters. The molecule has 0 radical (unpaired) electrons. The SMILES string of the molecule is CC(Nc1nc(F)c(F)cc1F)c1cccc(Cl)c1. The standard InChI is InChI=1S/C13H10ClF3N2/c1-7(8-3-2-4-9(14)5-8)18-13-11(16)6-10(15)12(17)19-13/h2-7H,1H3,(H,18,19). The van der Waals surface area contributed by atoms with E-state index >= 15 is 0 Å². The second-order valence-corrected chi connectivity index (χ2v) is 4.45. The van der Waals surface area contributed by atoms with Gasteiger partial charge in [-0.1, -0.05) is 23.7 Å². The van der Waals surface area contributed by atoms with E-state index < -0.39 is 17.6 Å². The van der Waals surface area contributed by atoms with Crippen molar-refractivity contribution in [3.63, 3.8) is 0 Å². The summed E-state index contributed by atoms with van der Waals surface area (Å²) in [4.78, 5) is 3.20. The average molecular weight is 287 g/mol. The molecule has 19 heavy (non-hydrogen) atoms. The Morgan fingerprint density at radius 3 is 2.58 bits per heavy atom. The van der Waals surface area contributed by atoms with Crippen LogP contribution in [0.5, 0.6) is 0 Å². The molecule has 0 saturated carbocycles. The van der Waals surface area contributed by atoms with Crippen LogP contribution in [0, 0.1) is 17.6 Å². The minimum atomic E-state index is -1.35. The second kappa shape index (κ2) is 5.48. The maximum atomic E-state index is 13.4. The third-order valence-electron chi connectivity index (χ3n) is 2.59. The molecule has 100 valence electrons. The summed E-state index contributed by atoms with van der Waals surface area (Å²) in [6.45, 7) is 1.73. The van der Waals surface area contributed by atoms with E-state index in [4.69, 9.17) is 11.6 Å². The molecule has 0 fully saturated rings. The van der Waals surface area contributed by atoms with Crippen LogP contribution in [0.3, 0.4) is 0 Å². The zero-order valence-corrected chi connectivity index (χ0v) is 10.7. The van der Waals surface area contributed by atoms with Crippen molar-refractivity contribution in [2.45, 2.75) is 13.0 Å². The number of pyridine rings is 1. The number of hydrogen-bond acceptors (Lipinski definition) is 2. The lowest BCUT2D eigenvalue weighted by Gasteiger charge is -2.15. The van der Waals surface area contributed by atoms with Crippen molar-refractivity contribution in [3.8, 4) is 0 Å². The van der Waals surface area contributed by atoms with Gasteiger partial charge in [0.2, 0.25) is 0 Å². The third kappa shape index (κ3) is 3.17. The Kier molecular flexibility index (Phi) is 3.95. The van der Waals surface area contributed by atoms with Gasteiger partial charge in [-0.05, 0) is 24.6 Å². The summed E-state index contributed by atoms with van der Waals surface area (Å²) in [5, 5.41) is 3.20. The van der Waals surface area contributed by atoms with Crippen LogP contribution in [0.15, 0.2) is 30.3 Å². The second-order valence-electron chi connectivity index (χ2n) is 4.01. The first-order valence-electron chi connectivity index (χ1n) is 5.51. The molecule has 1 heterocycles. The smallest absolute Gasteiger partial charge is 0.251 e. The van der Waals surface area contributed by atoms with Gasteiger partial charge in [-0.25, -0.2) is 8.78 Å². The lowest BCUT2D eigenvalue weighted by Crippen LogP contribution is -2.11. The van der Waals surface area contributed by atoms with Crippen LogP contribution in [-0.2, 0) is 0 Å². The fourth-order valence-electron chi connectivity index (χ4n) is 1.61. The summed E-state index contributed by atoms with van der Waals surface area (Å²) in [5.41, 5.74) is 0.776. The molecule has 0 amide bonds. The van der Waals surface area contributed by atoms with Gasteiger partial charge < -0.3 is 5.32 Å². The molecular weight excluding hydrogens is 277 g/mol. The van der Waals surface area contributed by atoms with Gasteiger partial charge in [0.05, 0.1) is 6.04 Å². The van der Waals surface area contributed by atoms with Crippen LogP contribution in [0.1, 0.15) is 18.5 Å². The van der Waals surface area contributed by atoms with E-state index in [9.17, 15) is 13.2 Å². The molecule has 0 spiro atoms. The molecule has 2 aromatic rings. The number of rotatable bonds is 3. The molecule has 0 aliphatic rings. The first-order chi connectivity index (χ1) is 8.97. The van der Waals surface area contributed by atoms with Crippen molar-refractivity contribution < 1.29 is 13.2 Å². The summed E-state index contributed by atoms with van der Waals surface area (Å²) < 4.78 is 39.1. The summed E-state index contributed by atoms with van der Waals surface area (Å²) >= 11 is 5.84. The van der Waals surface area contributed by atoms with E-state index in [1.165, 1.54) is 0 Å². The molecule has 0 aliphatic carbocycles. The minimum Gasteiger partial charge on any atom is -0.361 e. The van der Waals surface area contributed by atoms with Gasteiger partial charge in [-0.3, -0.25) is 0 Å². The van der Waals surface area contributed by atoms with E-state index in [0.717, 1.165) is 5.56 Å². The monoisotopic (exact) mass is 286 g/mol. The zero-order valence-electron chi connectivity index (χ0n) is 9.92. The van der Waals surface area contributed by atoms with E-state index in [1.807, 2.05) is 0 Å². The molecule has 2 rings (SSSR count). The number of aromatic nitrogens is 1. The number of nitrogens with zero attached hydrogens (tertiary/aromatic N) is 1. The highest BCUT2D eigenvalue weighted by Crippen LogP contribution is 2.23. The van der Waals surface area contributed by atoms with Crippen LogP contribution in [0.2, 0.25) is 5.02 Å². The number of hydrogen-bond donors (Lipinski definition) is 1. The van der Waals surface area contributed by atoms with E-state index in [-0.39, 0.29) is 11.9 Å². The first-order valence-corrected chi connectivity index (χ1v) is 5.88. The zero-order chi connectivity index (χ0) is 14.0. The van der Waals surface area contributed by atoms with Gasteiger partial charge >= 0.3 is 0 Å². The minimum absolute atomic E-state index is 0.341. The highest BCUT2D eigenvalue weighted by Gasteiger charge is 2.14. The molecule has 0 saturated heterocycles.